The summed E-state index contributed by atoms with van der Waals surface area (Å²) in [6, 6.07) is 1.56. The summed E-state index contributed by atoms with van der Waals surface area (Å²) in [4.78, 5) is 12.0. The van der Waals surface area contributed by atoms with Crippen molar-refractivity contribution in [3.05, 3.63) is 27.1 Å². The first-order valence-electron chi connectivity index (χ1n) is 5.10. The summed E-state index contributed by atoms with van der Waals surface area (Å²) in [5.41, 5.74) is 0.883. The Bertz CT molecular complexity index is 369. The highest BCUT2D eigenvalue weighted by atomic mass is 32.1. The van der Waals surface area contributed by atoms with Crippen LogP contribution in [0.4, 0.5) is 5.00 Å². The maximum atomic E-state index is 10.5. The van der Waals surface area contributed by atoms with Crippen LogP contribution in [0, 0.1) is 10.1 Å². The van der Waals surface area contributed by atoms with Crippen molar-refractivity contribution in [2.75, 3.05) is 27.3 Å². The molecule has 0 saturated carbocycles. The highest BCUT2D eigenvalue weighted by Gasteiger charge is 2.12. The first-order valence-corrected chi connectivity index (χ1v) is 5.98. The van der Waals surface area contributed by atoms with Crippen LogP contribution in [0.15, 0.2) is 11.4 Å². The molecular formula is C10H16N2O4S. The molecule has 1 N–H and O–H groups in total. The Morgan fingerprint density at radius 2 is 2.41 bits per heavy atom. The lowest BCUT2D eigenvalue weighted by Gasteiger charge is -2.19. The van der Waals surface area contributed by atoms with Gasteiger partial charge in [-0.1, -0.05) is 11.3 Å². The number of nitrogens with zero attached hydrogens (tertiary/aromatic N) is 2. The monoisotopic (exact) mass is 260 g/mol. The van der Waals surface area contributed by atoms with Gasteiger partial charge in [-0.15, -0.1) is 0 Å². The zero-order valence-corrected chi connectivity index (χ0v) is 10.6. The van der Waals surface area contributed by atoms with Crippen molar-refractivity contribution in [2.45, 2.75) is 12.6 Å². The fourth-order valence-electron chi connectivity index (χ4n) is 1.52. The first kappa shape index (κ1) is 14.0. The molecule has 7 heteroatoms. The minimum Gasteiger partial charge on any atom is -0.389 e. The zero-order valence-electron chi connectivity index (χ0n) is 9.83. The van der Waals surface area contributed by atoms with Crippen LogP contribution in [0.5, 0.6) is 0 Å². The maximum Gasteiger partial charge on any atom is 0.324 e. The van der Waals surface area contributed by atoms with Gasteiger partial charge in [-0.05, 0) is 12.6 Å². The molecule has 0 aliphatic rings. The number of hydrogen-bond acceptors (Lipinski definition) is 6. The molecule has 0 bridgehead atoms. The quantitative estimate of drug-likeness (QED) is 0.587. The van der Waals surface area contributed by atoms with Gasteiger partial charge < -0.3 is 9.84 Å². The van der Waals surface area contributed by atoms with Gasteiger partial charge in [0, 0.05) is 31.6 Å². The third-order valence-corrected chi connectivity index (χ3v) is 3.08. The molecule has 1 unspecified atom stereocenters. The molecule has 0 aliphatic carbocycles. The van der Waals surface area contributed by atoms with E-state index in [2.05, 4.69) is 0 Å². The third kappa shape index (κ3) is 4.78. The molecule has 96 valence electrons. The lowest BCUT2D eigenvalue weighted by atomic mass is 10.3. The fraction of sp³-hybridized carbons (Fsp3) is 0.600. The Balaban J connectivity index is 2.44. The molecular weight excluding hydrogens is 244 g/mol. The van der Waals surface area contributed by atoms with Gasteiger partial charge in [0.05, 0.1) is 17.6 Å². The average Bonchev–Trinajstić information content (AvgIpc) is 2.66. The molecule has 17 heavy (non-hydrogen) atoms. The third-order valence-electron chi connectivity index (χ3n) is 2.15. The first-order chi connectivity index (χ1) is 8.02. The molecule has 6 nitrogen and oxygen atoms in total. The molecule has 1 aromatic rings. The van der Waals surface area contributed by atoms with E-state index in [0.29, 0.717) is 13.1 Å². The second-order valence-electron chi connectivity index (χ2n) is 3.86. The number of aliphatic hydroxyl groups is 1. The van der Waals surface area contributed by atoms with Gasteiger partial charge in [-0.3, -0.25) is 15.0 Å². The number of hydrogen-bond donors (Lipinski definition) is 1. The molecule has 0 aromatic carbocycles. The molecule has 0 amide bonds. The van der Waals surface area contributed by atoms with E-state index in [1.54, 1.807) is 11.4 Å². The van der Waals surface area contributed by atoms with Gasteiger partial charge >= 0.3 is 5.00 Å². The van der Waals surface area contributed by atoms with Crippen LogP contribution >= 0.6 is 11.3 Å². The lowest BCUT2D eigenvalue weighted by molar-refractivity contribution is -0.380. The highest BCUT2D eigenvalue weighted by molar-refractivity contribution is 7.13. The van der Waals surface area contributed by atoms with Crippen LogP contribution in [0.2, 0.25) is 0 Å². The topological polar surface area (TPSA) is 75.8 Å². The summed E-state index contributed by atoms with van der Waals surface area (Å²) in [6.45, 7) is 1.33. The van der Waals surface area contributed by atoms with E-state index in [0.717, 1.165) is 16.9 Å². The number of rotatable bonds is 7. The number of methoxy groups -OCH3 is 1. The van der Waals surface area contributed by atoms with E-state index in [1.807, 2.05) is 11.9 Å². The predicted octanol–water partition coefficient (Wildman–Crippen LogP) is 1.10. The molecule has 1 rings (SSSR count). The van der Waals surface area contributed by atoms with Crippen molar-refractivity contribution in [2.24, 2.45) is 0 Å². The molecule has 0 saturated heterocycles. The summed E-state index contributed by atoms with van der Waals surface area (Å²) >= 11 is 1.12. The Hall–Kier alpha value is -1.02. The van der Waals surface area contributed by atoms with Crippen molar-refractivity contribution in [1.29, 1.82) is 0 Å². The predicted molar refractivity (Wildman–Crippen MR) is 65.2 cm³/mol. The van der Waals surface area contributed by atoms with Crippen LogP contribution in [-0.2, 0) is 11.3 Å². The standard InChI is InChI=1S/C10H16N2O4S/c1-11(5-9(13)6-16-2)4-8-3-10(12(14)15)17-7-8/h3,7,9,13H,4-6H2,1-2H3. The fourth-order valence-corrected chi connectivity index (χ4v) is 2.24. The number of likely N-dealkylation sites (N-methyl/N-ethyl adjacent to an activating group) is 1. The summed E-state index contributed by atoms with van der Waals surface area (Å²) in [5, 5.41) is 21.9. The normalized spacial score (nSPS) is 12.9. The number of ether oxygens (including phenoxy) is 1. The Labute approximate surface area is 104 Å². The van der Waals surface area contributed by atoms with E-state index >= 15 is 0 Å². The van der Waals surface area contributed by atoms with E-state index in [4.69, 9.17) is 4.74 Å². The SMILES string of the molecule is COCC(O)CN(C)Cc1csc([N+](=O)[O-])c1. The zero-order chi connectivity index (χ0) is 12.8. The van der Waals surface area contributed by atoms with Crippen LogP contribution in [0.1, 0.15) is 5.56 Å². The summed E-state index contributed by atoms with van der Waals surface area (Å²) in [7, 11) is 3.38. The van der Waals surface area contributed by atoms with Crippen LogP contribution < -0.4 is 0 Å². The van der Waals surface area contributed by atoms with E-state index < -0.39 is 11.0 Å². The van der Waals surface area contributed by atoms with Crippen molar-refractivity contribution in [3.8, 4) is 0 Å². The average molecular weight is 260 g/mol. The molecule has 0 fully saturated rings. The van der Waals surface area contributed by atoms with Crippen LogP contribution in [0.25, 0.3) is 0 Å². The maximum absolute atomic E-state index is 10.5. The molecule has 1 atom stereocenters. The van der Waals surface area contributed by atoms with Gasteiger partial charge in [0.15, 0.2) is 0 Å². The van der Waals surface area contributed by atoms with E-state index in [9.17, 15) is 15.2 Å². The minimum absolute atomic E-state index is 0.144. The summed E-state index contributed by atoms with van der Waals surface area (Å²) in [6.07, 6.45) is -0.543. The van der Waals surface area contributed by atoms with Gasteiger partial charge in [-0.25, -0.2) is 0 Å². The van der Waals surface area contributed by atoms with Gasteiger partial charge in [-0.2, -0.15) is 0 Å². The summed E-state index contributed by atoms with van der Waals surface area (Å²) < 4.78 is 4.83. The Kier molecular flexibility index (Phi) is 5.49. The number of nitro groups is 1. The van der Waals surface area contributed by atoms with Crippen molar-refractivity contribution >= 4 is 16.3 Å². The van der Waals surface area contributed by atoms with Crippen molar-refractivity contribution in [3.63, 3.8) is 0 Å². The Morgan fingerprint density at radius 1 is 1.71 bits per heavy atom. The van der Waals surface area contributed by atoms with E-state index in [1.165, 1.54) is 7.11 Å². The number of aliphatic hydroxyl groups excluding tert-OH is 1. The molecule has 0 radical (unpaired) electrons. The van der Waals surface area contributed by atoms with Crippen LogP contribution in [0.3, 0.4) is 0 Å². The van der Waals surface area contributed by atoms with Gasteiger partial charge in [0.2, 0.25) is 0 Å². The second-order valence-corrected chi connectivity index (χ2v) is 4.75. The lowest BCUT2D eigenvalue weighted by Crippen LogP contribution is -2.31. The number of thiophene rings is 1. The highest BCUT2D eigenvalue weighted by Crippen LogP contribution is 2.23. The molecule has 0 spiro atoms. The molecule has 1 heterocycles. The second kappa shape index (κ2) is 6.65. The molecule has 0 aliphatic heterocycles. The smallest absolute Gasteiger partial charge is 0.324 e. The Morgan fingerprint density at radius 3 is 2.94 bits per heavy atom. The van der Waals surface area contributed by atoms with Crippen molar-refractivity contribution in [1.82, 2.24) is 4.90 Å². The van der Waals surface area contributed by atoms with Gasteiger partial charge in [0.25, 0.3) is 0 Å². The molecule has 1 aromatic heterocycles. The minimum atomic E-state index is -0.543. The van der Waals surface area contributed by atoms with Crippen molar-refractivity contribution < 1.29 is 14.8 Å². The summed E-state index contributed by atoms with van der Waals surface area (Å²) in [5.74, 6) is 0. The van der Waals surface area contributed by atoms with E-state index in [-0.39, 0.29) is 11.6 Å². The van der Waals surface area contributed by atoms with Crippen LogP contribution in [-0.4, -0.2) is 48.3 Å². The largest absolute Gasteiger partial charge is 0.389 e. The van der Waals surface area contributed by atoms with Gasteiger partial charge in [0.1, 0.15) is 0 Å².